The van der Waals surface area contributed by atoms with Crippen LogP contribution in [-0.2, 0) is 9.59 Å². The quantitative estimate of drug-likeness (QED) is 0.579. The normalized spacial score (nSPS) is 13.1. The summed E-state index contributed by atoms with van der Waals surface area (Å²) >= 11 is 0. The molecule has 7 nitrogen and oxygen atoms in total. The van der Waals surface area contributed by atoms with Crippen LogP contribution in [0.25, 0.3) is 22.1 Å². The summed E-state index contributed by atoms with van der Waals surface area (Å²) < 4.78 is 11.0. The van der Waals surface area contributed by atoms with Gasteiger partial charge in [-0.15, -0.1) is 0 Å². The first-order valence-corrected chi connectivity index (χ1v) is 9.59. The molecule has 0 saturated heterocycles. The Hall–Kier alpha value is -3.61. The summed E-state index contributed by atoms with van der Waals surface area (Å²) in [6, 6.07) is 14.9. The maximum absolute atomic E-state index is 12.4. The van der Waals surface area contributed by atoms with Crippen molar-refractivity contribution >= 4 is 22.8 Å². The lowest BCUT2D eigenvalue weighted by molar-refractivity contribution is -0.144. The summed E-state index contributed by atoms with van der Waals surface area (Å²) in [5.41, 5.74) is 1.45. The highest BCUT2D eigenvalue weighted by Crippen LogP contribution is 2.29. The monoisotopic (exact) mass is 409 g/mol. The van der Waals surface area contributed by atoms with Crippen molar-refractivity contribution in [3.63, 3.8) is 0 Å². The second kappa shape index (κ2) is 8.82. The molecule has 0 aliphatic heterocycles. The standard InChI is InChI=1S/C23H23NO6/c1-13(2)21(23(27)28)24-22(26)14(3)29-16-9-10-17-18(15-7-5-4-6-8-15)12-20(25)30-19(17)11-16/h4-14,21H,1-3H3,(H,24,26)(H,27,28)/t14-,21+/m0/s1. The molecule has 1 amide bonds. The summed E-state index contributed by atoms with van der Waals surface area (Å²) in [5.74, 6) is -1.60. The van der Waals surface area contributed by atoms with Gasteiger partial charge in [-0.25, -0.2) is 9.59 Å². The fourth-order valence-electron chi connectivity index (χ4n) is 3.11. The Labute approximate surface area is 173 Å². The molecule has 0 spiro atoms. The Morgan fingerprint density at radius 3 is 2.37 bits per heavy atom. The molecule has 0 bridgehead atoms. The molecule has 7 heteroatoms. The van der Waals surface area contributed by atoms with Crippen LogP contribution < -0.4 is 15.7 Å². The average molecular weight is 409 g/mol. The van der Waals surface area contributed by atoms with Crippen LogP contribution in [0.2, 0.25) is 0 Å². The molecule has 1 heterocycles. The molecule has 2 aromatic carbocycles. The third-order valence-corrected chi connectivity index (χ3v) is 4.71. The predicted octanol–water partition coefficient (Wildman–Crippen LogP) is 3.45. The molecule has 3 rings (SSSR count). The Bertz CT molecular complexity index is 1120. The molecule has 0 unspecified atom stereocenters. The van der Waals surface area contributed by atoms with Crippen molar-refractivity contribution in [1.29, 1.82) is 0 Å². The first-order chi connectivity index (χ1) is 14.3. The maximum Gasteiger partial charge on any atom is 0.336 e. The molecule has 0 aliphatic carbocycles. The second-order valence-electron chi connectivity index (χ2n) is 7.33. The lowest BCUT2D eigenvalue weighted by Crippen LogP contribution is -2.48. The number of fused-ring (bicyclic) bond motifs is 1. The second-order valence-corrected chi connectivity index (χ2v) is 7.33. The molecule has 1 aromatic heterocycles. The van der Waals surface area contributed by atoms with E-state index in [0.717, 1.165) is 16.5 Å². The van der Waals surface area contributed by atoms with E-state index in [1.807, 2.05) is 30.3 Å². The van der Waals surface area contributed by atoms with Gasteiger partial charge in [0.15, 0.2) is 6.10 Å². The van der Waals surface area contributed by atoms with Gasteiger partial charge in [-0.3, -0.25) is 4.79 Å². The minimum atomic E-state index is -1.11. The van der Waals surface area contributed by atoms with Crippen molar-refractivity contribution in [2.45, 2.75) is 32.9 Å². The van der Waals surface area contributed by atoms with E-state index in [9.17, 15) is 19.5 Å². The van der Waals surface area contributed by atoms with E-state index in [1.54, 1.807) is 32.0 Å². The zero-order valence-electron chi connectivity index (χ0n) is 16.9. The molecule has 0 saturated carbocycles. The van der Waals surface area contributed by atoms with E-state index < -0.39 is 29.6 Å². The summed E-state index contributed by atoms with van der Waals surface area (Å²) in [6.45, 7) is 4.94. The lowest BCUT2D eigenvalue weighted by atomic mass is 10.0. The first kappa shape index (κ1) is 21.1. The van der Waals surface area contributed by atoms with Crippen molar-refractivity contribution < 1.29 is 23.8 Å². The van der Waals surface area contributed by atoms with E-state index >= 15 is 0 Å². The predicted molar refractivity (Wildman–Crippen MR) is 112 cm³/mol. The topological polar surface area (TPSA) is 106 Å². The van der Waals surface area contributed by atoms with E-state index in [-0.39, 0.29) is 5.92 Å². The van der Waals surface area contributed by atoms with Gasteiger partial charge in [0, 0.05) is 17.5 Å². The Balaban J connectivity index is 1.85. The van der Waals surface area contributed by atoms with Gasteiger partial charge in [0.2, 0.25) is 0 Å². The van der Waals surface area contributed by atoms with Gasteiger partial charge in [0.1, 0.15) is 17.4 Å². The largest absolute Gasteiger partial charge is 0.481 e. The first-order valence-electron chi connectivity index (χ1n) is 9.59. The van der Waals surface area contributed by atoms with Crippen LogP contribution >= 0.6 is 0 Å². The Kier molecular flexibility index (Phi) is 6.20. The number of carbonyl (C=O) groups is 2. The highest BCUT2D eigenvalue weighted by atomic mass is 16.5. The van der Waals surface area contributed by atoms with Crippen molar-refractivity contribution in [2.24, 2.45) is 5.92 Å². The fourth-order valence-corrected chi connectivity index (χ4v) is 3.11. The number of hydrogen-bond donors (Lipinski definition) is 2. The van der Waals surface area contributed by atoms with E-state index in [1.165, 1.54) is 13.0 Å². The molecule has 2 N–H and O–H groups in total. The number of hydrogen-bond acceptors (Lipinski definition) is 5. The zero-order valence-corrected chi connectivity index (χ0v) is 16.9. The van der Waals surface area contributed by atoms with Crippen LogP contribution in [0.5, 0.6) is 5.75 Å². The summed E-state index contributed by atoms with van der Waals surface area (Å²) in [6.07, 6.45) is -0.938. The van der Waals surface area contributed by atoms with Gasteiger partial charge in [-0.2, -0.15) is 0 Å². The summed E-state index contributed by atoms with van der Waals surface area (Å²) in [5, 5.41) is 12.4. The van der Waals surface area contributed by atoms with E-state index in [0.29, 0.717) is 11.3 Å². The number of rotatable bonds is 7. The molecule has 0 fully saturated rings. The number of benzene rings is 2. The molecule has 3 aromatic rings. The molecular formula is C23H23NO6. The van der Waals surface area contributed by atoms with Crippen molar-refractivity contribution in [3.05, 3.63) is 65.0 Å². The van der Waals surface area contributed by atoms with Crippen molar-refractivity contribution in [1.82, 2.24) is 5.32 Å². The number of nitrogens with one attached hydrogen (secondary N) is 1. The van der Waals surface area contributed by atoms with E-state index in [2.05, 4.69) is 5.32 Å². The maximum atomic E-state index is 12.4. The minimum Gasteiger partial charge on any atom is -0.481 e. The van der Waals surface area contributed by atoms with Crippen LogP contribution in [0.15, 0.2) is 63.8 Å². The van der Waals surface area contributed by atoms with Gasteiger partial charge in [0.05, 0.1) is 0 Å². The molecule has 30 heavy (non-hydrogen) atoms. The molecule has 156 valence electrons. The summed E-state index contributed by atoms with van der Waals surface area (Å²) in [4.78, 5) is 35.7. The van der Waals surface area contributed by atoms with E-state index in [4.69, 9.17) is 9.15 Å². The summed E-state index contributed by atoms with van der Waals surface area (Å²) in [7, 11) is 0. The smallest absolute Gasteiger partial charge is 0.336 e. The van der Waals surface area contributed by atoms with Crippen LogP contribution in [0.3, 0.4) is 0 Å². The lowest BCUT2D eigenvalue weighted by Gasteiger charge is -2.21. The van der Waals surface area contributed by atoms with Gasteiger partial charge in [-0.1, -0.05) is 44.2 Å². The molecule has 2 atom stereocenters. The number of amides is 1. The number of carboxylic acids is 1. The van der Waals surface area contributed by atoms with Crippen LogP contribution in [0.4, 0.5) is 0 Å². The highest BCUT2D eigenvalue weighted by molar-refractivity contribution is 5.94. The minimum absolute atomic E-state index is 0.273. The Morgan fingerprint density at radius 2 is 1.73 bits per heavy atom. The zero-order chi connectivity index (χ0) is 21.8. The average Bonchev–Trinajstić information content (AvgIpc) is 2.71. The fraction of sp³-hybridized carbons (Fsp3) is 0.261. The number of carbonyl (C=O) groups excluding carboxylic acids is 1. The van der Waals surface area contributed by atoms with Gasteiger partial charge < -0.3 is 19.6 Å². The Morgan fingerprint density at radius 1 is 1.03 bits per heavy atom. The SMILES string of the molecule is CC(C)[C@@H](NC(=O)[C@H](C)Oc1ccc2c(-c3ccccc3)cc(=O)oc2c1)C(=O)O. The van der Waals surface area contributed by atoms with Gasteiger partial charge >= 0.3 is 11.6 Å². The molecule has 0 radical (unpaired) electrons. The molecular weight excluding hydrogens is 386 g/mol. The van der Waals surface area contributed by atoms with Crippen molar-refractivity contribution in [3.8, 4) is 16.9 Å². The van der Waals surface area contributed by atoms with Crippen LogP contribution in [0.1, 0.15) is 20.8 Å². The number of carboxylic acid groups (broad SMARTS) is 1. The highest BCUT2D eigenvalue weighted by Gasteiger charge is 2.26. The van der Waals surface area contributed by atoms with Gasteiger partial charge in [0.25, 0.3) is 5.91 Å². The molecule has 0 aliphatic rings. The van der Waals surface area contributed by atoms with Crippen LogP contribution in [0, 0.1) is 5.92 Å². The number of ether oxygens (including phenoxy) is 1. The third kappa shape index (κ3) is 4.68. The van der Waals surface area contributed by atoms with Crippen molar-refractivity contribution in [2.75, 3.05) is 0 Å². The third-order valence-electron chi connectivity index (χ3n) is 4.71. The van der Waals surface area contributed by atoms with Gasteiger partial charge in [-0.05, 0) is 36.1 Å². The number of aliphatic carboxylic acids is 1. The van der Waals surface area contributed by atoms with Crippen LogP contribution in [-0.4, -0.2) is 29.1 Å².